The molecule has 0 fully saturated rings. The number of nitriles is 1. The van der Waals surface area contributed by atoms with Gasteiger partial charge in [-0.05, 0) is 25.5 Å². The van der Waals surface area contributed by atoms with Crippen molar-refractivity contribution in [3.05, 3.63) is 86.7 Å². The van der Waals surface area contributed by atoms with Gasteiger partial charge in [-0.2, -0.15) is 10.4 Å². The zero-order chi connectivity index (χ0) is 25.3. The monoisotopic (exact) mass is 473 g/mol. The number of carbonyl (C=O) groups is 1. The maximum Gasteiger partial charge on any atom is 0.296 e. The van der Waals surface area contributed by atoms with E-state index in [1.807, 2.05) is 32.9 Å². The SMILES string of the molecule is Cc1n[nH]c(C)c1[C@@H](c1ccccc1C#N)[C@@H](C)c1nc(C(=O)Nc2cnoc2)c(O)c(=O)n1C. The summed E-state index contributed by atoms with van der Waals surface area (Å²) in [6.45, 7) is 5.59. The number of nitrogens with one attached hydrogen (secondary N) is 2. The van der Waals surface area contributed by atoms with Gasteiger partial charge in [0.15, 0.2) is 5.69 Å². The molecule has 3 heterocycles. The molecule has 1 aromatic carbocycles. The highest BCUT2D eigenvalue weighted by molar-refractivity contribution is 6.04. The smallest absolute Gasteiger partial charge is 0.296 e. The average Bonchev–Trinajstić information content (AvgIpc) is 3.48. The van der Waals surface area contributed by atoms with E-state index in [4.69, 9.17) is 4.52 Å². The van der Waals surface area contributed by atoms with Gasteiger partial charge in [-0.15, -0.1) is 0 Å². The third-order valence-corrected chi connectivity index (χ3v) is 6.03. The molecule has 4 rings (SSSR count). The Morgan fingerprint density at radius 1 is 1.31 bits per heavy atom. The maximum atomic E-state index is 12.9. The molecule has 2 atom stereocenters. The number of nitrogens with zero attached hydrogens (tertiary/aromatic N) is 5. The summed E-state index contributed by atoms with van der Waals surface area (Å²) in [6.07, 6.45) is 2.48. The lowest BCUT2D eigenvalue weighted by atomic mass is 9.78. The molecule has 0 saturated carbocycles. The molecule has 0 radical (unpaired) electrons. The third-order valence-electron chi connectivity index (χ3n) is 6.03. The van der Waals surface area contributed by atoms with Crippen molar-refractivity contribution in [2.75, 3.05) is 5.32 Å². The molecule has 35 heavy (non-hydrogen) atoms. The van der Waals surface area contributed by atoms with Crippen LogP contribution in [0, 0.1) is 25.2 Å². The van der Waals surface area contributed by atoms with E-state index in [9.17, 15) is 20.0 Å². The zero-order valence-electron chi connectivity index (χ0n) is 19.5. The van der Waals surface area contributed by atoms with Crippen LogP contribution in [0.5, 0.6) is 5.75 Å². The van der Waals surface area contributed by atoms with Gasteiger partial charge < -0.3 is 14.9 Å². The number of hydrogen-bond donors (Lipinski definition) is 3. The Balaban J connectivity index is 1.90. The second kappa shape index (κ2) is 9.26. The van der Waals surface area contributed by atoms with Crippen molar-refractivity contribution in [1.82, 2.24) is 24.9 Å². The molecule has 0 aliphatic heterocycles. The Labute approximate surface area is 200 Å². The summed E-state index contributed by atoms with van der Waals surface area (Å²) in [7, 11) is 1.48. The number of aromatic hydroxyl groups is 1. The van der Waals surface area contributed by atoms with Gasteiger partial charge in [0.05, 0.1) is 23.5 Å². The van der Waals surface area contributed by atoms with Crippen molar-refractivity contribution >= 4 is 11.6 Å². The average molecular weight is 473 g/mol. The van der Waals surface area contributed by atoms with Gasteiger partial charge in [0.25, 0.3) is 11.5 Å². The first-order chi connectivity index (χ1) is 16.7. The zero-order valence-corrected chi connectivity index (χ0v) is 19.5. The number of aromatic amines is 1. The quantitative estimate of drug-likeness (QED) is 0.385. The first-order valence-electron chi connectivity index (χ1n) is 10.8. The second-order valence-corrected chi connectivity index (χ2v) is 8.21. The lowest BCUT2D eigenvalue weighted by molar-refractivity contribution is 0.101. The Kier molecular flexibility index (Phi) is 6.20. The first-order valence-corrected chi connectivity index (χ1v) is 10.8. The highest BCUT2D eigenvalue weighted by Crippen LogP contribution is 2.41. The molecule has 178 valence electrons. The Morgan fingerprint density at radius 3 is 2.69 bits per heavy atom. The number of benzene rings is 1. The van der Waals surface area contributed by atoms with Crippen molar-refractivity contribution < 1.29 is 14.4 Å². The predicted octanol–water partition coefficient (Wildman–Crippen LogP) is 2.87. The normalized spacial score (nSPS) is 12.7. The number of H-pyrrole nitrogens is 1. The Bertz CT molecular complexity index is 1480. The molecule has 0 spiro atoms. The maximum absolute atomic E-state index is 12.9. The van der Waals surface area contributed by atoms with Gasteiger partial charge in [0, 0.05) is 30.1 Å². The summed E-state index contributed by atoms with van der Waals surface area (Å²) in [4.78, 5) is 30.2. The van der Waals surface area contributed by atoms with Gasteiger partial charge in [-0.3, -0.25) is 19.3 Å². The molecule has 0 aliphatic rings. The van der Waals surface area contributed by atoms with Crippen LogP contribution >= 0.6 is 0 Å². The molecule has 11 heteroatoms. The summed E-state index contributed by atoms with van der Waals surface area (Å²) in [5.41, 5.74) is 2.65. The summed E-state index contributed by atoms with van der Waals surface area (Å²) in [5.74, 6) is -2.24. The molecule has 0 aliphatic carbocycles. The van der Waals surface area contributed by atoms with Crippen LogP contribution in [-0.2, 0) is 7.05 Å². The molecular formula is C24H23N7O4. The fraction of sp³-hybridized carbons (Fsp3) is 0.250. The largest absolute Gasteiger partial charge is 0.501 e. The van der Waals surface area contributed by atoms with Crippen molar-refractivity contribution in [3.63, 3.8) is 0 Å². The number of aryl methyl sites for hydroxylation is 2. The molecule has 3 aromatic heterocycles. The third kappa shape index (κ3) is 4.17. The lowest BCUT2D eigenvalue weighted by Gasteiger charge is -2.27. The van der Waals surface area contributed by atoms with Crippen molar-refractivity contribution in [3.8, 4) is 11.8 Å². The van der Waals surface area contributed by atoms with E-state index in [1.165, 1.54) is 24.1 Å². The van der Waals surface area contributed by atoms with E-state index in [2.05, 4.69) is 31.7 Å². The minimum Gasteiger partial charge on any atom is -0.501 e. The molecule has 1 amide bonds. The van der Waals surface area contributed by atoms with E-state index in [0.717, 1.165) is 22.5 Å². The van der Waals surface area contributed by atoms with Crippen molar-refractivity contribution in [1.29, 1.82) is 5.26 Å². The van der Waals surface area contributed by atoms with E-state index in [0.29, 0.717) is 5.56 Å². The van der Waals surface area contributed by atoms with Crippen LogP contribution in [0.1, 0.15) is 63.2 Å². The van der Waals surface area contributed by atoms with E-state index < -0.39 is 34.7 Å². The molecule has 0 bridgehead atoms. The van der Waals surface area contributed by atoms with Gasteiger partial charge in [-0.1, -0.05) is 30.3 Å². The minimum absolute atomic E-state index is 0.247. The van der Waals surface area contributed by atoms with Crippen molar-refractivity contribution in [2.24, 2.45) is 7.05 Å². The van der Waals surface area contributed by atoms with Crippen LogP contribution < -0.4 is 10.9 Å². The van der Waals surface area contributed by atoms with Gasteiger partial charge in [-0.25, -0.2) is 4.98 Å². The fourth-order valence-corrected chi connectivity index (χ4v) is 4.34. The molecule has 3 N–H and O–H groups in total. The highest BCUT2D eigenvalue weighted by Gasteiger charge is 2.33. The summed E-state index contributed by atoms with van der Waals surface area (Å²) < 4.78 is 5.91. The van der Waals surface area contributed by atoms with Crippen molar-refractivity contribution in [2.45, 2.75) is 32.6 Å². The first kappa shape index (κ1) is 23.4. The predicted molar refractivity (Wildman–Crippen MR) is 125 cm³/mol. The molecular weight excluding hydrogens is 450 g/mol. The summed E-state index contributed by atoms with van der Waals surface area (Å²) in [5, 5.41) is 33.5. The van der Waals surface area contributed by atoms with Gasteiger partial charge >= 0.3 is 0 Å². The highest BCUT2D eigenvalue weighted by atomic mass is 16.5. The standard InChI is InChI=1S/C24H23N7O4/c1-12(18(19-13(2)29-30-14(19)3)17-8-6-5-7-15(17)9-25)22-28-20(21(32)24(34)31(22)4)23(33)27-16-10-26-35-11-16/h5-8,10-12,18,32H,1-4H3,(H,27,33)(H,29,30)/t12-,18-/m1/s1. The number of rotatable bonds is 6. The Hall–Kier alpha value is -4.72. The number of amides is 1. The van der Waals surface area contributed by atoms with Crippen LogP contribution in [0.25, 0.3) is 0 Å². The fourth-order valence-electron chi connectivity index (χ4n) is 4.34. The molecule has 0 unspecified atom stereocenters. The topological polar surface area (TPSA) is 163 Å². The summed E-state index contributed by atoms with van der Waals surface area (Å²) in [6, 6.07) is 9.42. The minimum atomic E-state index is -0.790. The van der Waals surface area contributed by atoms with E-state index in [1.54, 1.807) is 12.1 Å². The molecule has 11 nitrogen and oxygen atoms in total. The van der Waals surface area contributed by atoms with Crippen LogP contribution in [-0.4, -0.2) is 35.9 Å². The Morgan fingerprint density at radius 2 is 2.06 bits per heavy atom. The molecule has 0 saturated heterocycles. The van der Waals surface area contributed by atoms with E-state index >= 15 is 0 Å². The summed E-state index contributed by atoms with van der Waals surface area (Å²) >= 11 is 0. The van der Waals surface area contributed by atoms with Crippen LogP contribution in [0.15, 0.2) is 46.0 Å². The van der Waals surface area contributed by atoms with Gasteiger partial charge in [0.2, 0.25) is 5.75 Å². The van der Waals surface area contributed by atoms with E-state index in [-0.39, 0.29) is 11.5 Å². The molecule has 4 aromatic rings. The number of carbonyl (C=O) groups excluding carboxylic acids is 1. The van der Waals surface area contributed by atoms with Crippen LogP contribution in [0.4, 0.5) is 5.69 Å². The van der Waals surface area contributed by atoms with Crippen LogP contribution in [0.3, 0.4) is 0 Å². The number of aromatic nitrogens is 5. The van der Waals surface area contributed by atoms with Gasteiger partial charge in [0.1, 0.15) is 17.8 Å². The second-order valence-electron chi connectivity index (χ2n) is 8.21. The number of hydrogen-bond acceptors (Lipinski definition) is 8. The lowest BCUT2D eigenvalue weighted by Crippen LogP contribution is -2.29. The number of anilines is 1. The van der Waals surface area contributed by atoms with Crippen LogP contribution in [0.2, 0.25) is 0 Å².